The standard InChI is InChI=1S/C14H16N2O6/c1-9-11(3-2-4-12(9)16(20)21)14(19)15-5-6-22-10(8-15)7-13(17)18/h2-4,10H,5-8H2,1H3,(H,17,18). The van der Waals surface area contributed by atoms with Gasteiger partial charge in [-0.2, -0.15) is 0 Å². The summed E-state index contributed by atoms with van der Waals surface area (Å²) in [6, 6.07) is 4.35. The van der Waals surface area contributed by atoms with Crippen molar-refractivity contribution < 1.29 is 24.4 Å². The Morgan fingerprint density at radius 1 is 1.50 bits per heavy atom. The van der Waals surface area contributed by atoms with E-state index in [-0.39, 0.29) is 36.7 Å². The highest BCUT2D eigenvalue weighted by atomic mass is 16.6. The third-order valence-electron chi connectivity index (χ3n) is 3.56. The van der Waals surface area contributed by atoms with Gasteiger partial charge in [0.2, 0.25) is 0 Å². The number of carboxylic acid groups (broad SMARTS) is 1. The first kappa shape index (κ1) is 15.9. The molecule has 0 aliphatic carbocycles. The third-order valence-corrected chi connectivity index (χ3v) is 3.56. The number of hydrogen-bond donors (Lipinski definition) is 1. The third kappa shape index (κ3) is 3.40. The van der Waals surface area contributed by atoms with Gasteiger partial charge in [-0.15, -0.1) is 0 Å². The van der Waals surface area contributed by atoms with E-state index in [4.69, 9.17) is 9.84 Å². The molecule has 0 bridgehead atoms. The monoisotopic (exact) mass is 308 g/mol. The van der Waals surface area contributed by atoms with Crippen LogP contribution in [0.15, 0.2) is 18.2 Å². The van der Waals surface area contributed by atoms with E-state index in [1.807, 2.05) is 0 Å². The summed E-state index contributed by atoms with van der Waals surface area (Å²) in [7, 11) is 0. The number of morpholine rings is 1. The van der Waals surface area contributed by atoms with E-state index in [0.717, 1.165) is 0 Å². The van der Waals surface area contributed by atoms with Gasteiger partial charge in [-0.25, -0.2) is 0 Å². The van der Waals surface area contributed by atoms with Crippen LogP contribution in [0.1, 0.15) is 22.3 Å². The number of rotatable bonds is 4. The van der Waals surface area contributed by atoms with Crippen LogP contribution < -0.4 is 0 Å². The lowest BCUT2D eigenvalue weighted by Crippen LogP contribution is -2.46. The first-order chi connectivity index (χ1) is 10.4. The molecule has 1 atom stereocenters. The van der Waals surface area contributed by atoms with Crippen LogP contribution in [0, 0.1) is 17.0 Å². The lowest BCUT2D eigenvalue weighted by Gasteiger charge is -2.32. The maximum atomic E-state index is 12.5. The molecule has 1 aliphatic heterocycles. The molecule has 1 aliphatic rings. The van der Waals surface area contributed by atoms with Crippen molar-refractivity contribution in [2.75, 3.05) is 19.7 Å². The summed E-state index contributed by atoms with van der Waals surface area (Å²) in [6.07, 6.45) is -0.744. The Kier molecular flexibility index (Phi) is 4.71. The summed E-state index contributed by atoms with van der Waals surface area (Å²) >= 11 is 0. The molecule has 1 aromatic carbocycles. The van der Waals surface area contributed by atoms with Crippen molar-refractivity contribution in [3.05, 3.63) is 39.4 Å². The van der Waals surface area contributed by atoms with Crippen molar-refractivity contribution in [2.45, 2.75) is 19.4 Å². The van der Waals surface area contributed by atoms with Gasteiger partial charge >= 0.3 is 5.97 Å². The maximum absolute atomic E-state index is 12.5. The van der Waals surface area contributed by atoms with Crippen molar-refractivity contribution >= 4 is 17.6 Å². The minimum atomic E-state index is -0.995. The molecule has 1 unspecified atom stereocenters. The van der Waals surface area contributed by atoms with Gasteiger partial charge in [0.15, 0.2) is 0 Å². The fraction of sp³-hybridized carbons (Fsp3) is 0.429. The molecule has 1 saturated heterocycles. The van der Waals surface area contributed by atoms with Crippen LogP contribution in [0.3, 0.4) is 0 Å². The van der Waals surface area contributed by atoms with Crippen molar-refractivity contribution in [1.82, 2.24) is 4.90 Å². The van der Waals surface area contributed by atoms with Crippen LogP contribution in [0.25, 0.3) is 0 Å². The highest BCUT2D eigenvalue weighted by Gasteiger charge is 2.28. The molecular formula is C14H16N2O6. The zero-order valence-corrected chi connectivity index (χ0v) is 12.0. The second-order valence-electron chi connectivity index (χ2n) is 5.05. The van der Waals surface area contributed by atoms with Gasteiger partial charge < -0.3 is 14.7 Å². The van der Waals surface area contributed by atoms with Gasteiger partial charge in [0.25, 0.3) is 11.6 Å². The van der Waals surface area contributed by atoms with E-state index >= 15 is 0 Å². The molecule has 1 fully saturated rings. The van der Waals surface area contributed by atoms with E-state index in [9.17, 15) is 19.7 Å². The number of nitrogens with zero attached hydrogens (tertiary/aromatic N) is 2. The molecule has 1 amide bonds. The minimum Gasteiger partial charge on any atom is -0.481 e. The molecule has 1 aromatic rings. The highest BCUT2D eigenvalue weighted by molar-refractivity contribution is 5.96. The molecule has 22 heavy (non-hydrogen) atoms. The summed E-state index contributed by atoms with van der Waals surface area (Å²) < 4.78 is 5.31. The molecule has 0 spiro atoms. The van der Waals surface area contributed by atoms with E-state index in [2.05, 4.69) is 0 Å². The highest BCUT2D eigenvalue weighted by Crippen LogP contribution is 2.23. The number of carbonyl (C=O) groups is 2. The van der Waals surface area contributed by atoms with Crippen LogP contribution in [0.5, 0.6) is 0 Å². The van der Waals surface area contributed by atoms with Crippen molar-refractivity contribution in [3.63, 3.8) is 0 Å². The number of carbonyl (C=O) groups excluding carboxylic acids is 1. The molecule has 1 heterocycles. The lowest BCUT2D eigenvalue weighted by molar-refractivity contribution is -0.385. The van der Waals surface area contributed by atoms with Crippen LogP contribution in [0.2, 0.25) is 0 Å². The molecule has 1 N–H and O–H groups in total. The quantitative estimate of drug-likeness (QED) is 0.661. The van der Waals surface area contributed by atoms with Gasteiger partial charge in [0, 0.05) is 30.3 Å². The van der Waals surface area contributed by atoms with E-state index in [0.29, 0.717) is 12.1 Å². The Labute approximate surface area is 126 Å². The Morgan fingerprint density at radius 3 is 2.86 bits per heavy atom. The predicted octanol–water partition coefficient (Wildman–Crippen LogP) is 1.22. The molecule has 0 saturated carbocycles. The summed E-state index contributed by atoms with van der Waals surface area (Å²) in [6.45, 7) is 2.27. The van der Waals surface area contributed by atoms with Crippen LogP contribution >= 0.6 is 0 Å². The fourth-order valence-electron chi connectivity index (χ4n) is 2.45. The van der Waals surface area contributed by atoms with Crippen LogP contribution in [-0.4, -0.2) is 52.6 Å². The van der Waals surface area contributed by atoms with Crippen LogP contribution in [0.4, 0.5) is 5.69 Å². The Balaban J connectivity index is 2.19. The topological polar surface area (TPSA) is 110 Å². The van der Waals surface area contributed by atoms with E-state index < -0.39 is 17.0 Å². The summed E-state index contributed by atoms with van der Waals surface area (Å²) in [5.41, 5.74) is 0.449. The first-order valence-electron chi connectivity index (χ1n) is 6.77. The lowest BCUT2D eigenvalue weighted by atomic mass is 10.0. The molecule has 2 rings (SSSR count). The first-order valence-corrected chi connectivity index (χ1v) is 6.77. The zero-order chi connectivity index (χ0) is 16.3. The fourth-order valence-corrected chi connectivity index (χ4v) is 2.45. The Morgan fingerprint density at radius 2 is 2.23 bits per heavy atom. The number of carboxylic acids is 1. The van der Waals surface area contributed by atoms with Gasteiger partial charge in [0.1, 0.15) is 0 Å². The number of hydrogen-bond acceptors (Lipinski definition) is 5. The predicted molar refractivity (Wildman–Crippen MR) is 75.7 cm³/mol. The average molecular weight is 308 g/mol. The number of nitro groups is 1. The number of nitro benzene ring substituents is 1. The number of benzene rings is 1. The van der Waals surface area contributed by atoms with Crippen LogP contribution in [-0.2, 0) is 9.53 Å². The smallest absolute Gasteiger partial charge is 0.306 e. The molecule has 118 valence electrons. The van der Waals surface area contributed by atoms with E-state index in [1.165, 1.54) is 30.0 Å². The SMILES string of the molecule is Cc1c(C(=O)N2CCOC(CC(=O)O)C2)cccc1[N+](=O)[O-]. The summed E-state index contributed by atoms with van der Waals surface area (Å²) in [4.78, 5) is 35.1. The Hall–Kier alpha value is -2.48. The van der Waals surface area contributed by atoms with Crippen molar-refractivity contribution in [3.8, 4) is 0 Å². The van der Waals surface area contributed by atoms with Gasteiger partial charge in [-0.3, -0.25) is 19.7 Å². The van der Waals surface area contributed by atoms with Crippen molar-refractivity contribution in [1.29, 1.82) is 0 Å². The molecule has 8 heteroatoms. The second-order valence-corrected chi connectivity index (χ2v) is 5.05. The molecule has 0 aromatic heterocycles. The average Bonchev–Trinajstić information content (AvgIpc) is 2.46. The Bertz CT molecular complexity index is 615. The maximum Gasteiger partial charge on any atom is 0.306 e. The zero-order valence-electron chi connectivity index (χ0n) is 12.0. The molecule has 8 nitrogen and oxygen atoms in total. The van der Waals surface area contributed by atoms with Gasteiger partial charge in [-0.05, 0) is 13.0 Å². The summed E-state index contributed by atoms with van der Waals surface area (Å²) in [5, 5.41) is 19.7. The molecular weight excluding hydrogens is 292 g/mol. The largest absolute Gasteiger partial charge is 0.481 e. The van der Waals surface area contributed by atoms with Crippen molar-refractivity contribution in [2.24, 2.45) is 0 Å². The number of aliphatic carboxylic acids is 1. The van der Waals surface area contributed by atoms with Gasteiger partial charge in [-0.1, -0.05) is 6.07 Å². The normalized spacial score (nSPS) is 18.0. The van der Waals surface area contributed by atoms with Gasteiger partial charge in [0.05, 0.1) is 24.1 Å². The number of amides is 1. The minimum absolute atomic E-state index is 0.110. The summed E-state index contributed by atoms with van der Waals surface area (Å²) in [5.74, 6) is -1.34. The second kappa shape index (κ2) is 6.52. The number of ether oxygens (including phenoxy) is 1. The molecule has 0 radical (unpaired) electrons. The van der Waals surface area contributed by atoms with E-state index in [1.54, 1.807) is 0 Å².